The first-order valence-electron chi connectivity index (χ1n) is 5.87. The number of nitrogens with one attached hydrogen (secondary N) is 1. The standard InChI is InChI=1S/C14H12ClNO3S/c15-10-3-1-4-11(7-10)16-13(17)9-19-14(18)8-12-5-2-6-20-12/h1-7H,8-9H2,(H,16,17). The highest BCUT2D eigenvalue weighted by Crippen LogP contribution is 2.14. The molecule has 0 unspecified atom stereocenters. The Hall–Kier alpha value is -1.85. The van der Waals surface area contributed by atoms with E-state index in [1.165, 1.54) is 11.3 Å². The number of ether oxygens (including phenoxy) is 1. The van der Waals surface area contributed by atoms with Crippen LogP contribution in [0.1, 0.15) is 4.88 Å². The molecule has 0 atom stereocenters. The van der Waals surface area contributed by atoms with Crippen LogP contribution >= 0.6 is 22.9 Å². The molecule has 0 radical (unpaired) electrons. The Kier molecular flexibility index (Phi) is 5.15. The monoisotopic (exact) mass is 309 g/mol. The Morgan fingerprint density at radius 1 is 1.25 bits per heavy atom. The first-order valence-corrected chi connectivity index (χ1v) is 7.12. The van der Waals surface area contributed by atoms with Gasteiger partial charge in [0, 0.05) is 15.6 Å². The van der Waals surface area contributed by atoms with Crippen LogP contribution in [0.3, 0.4) is 0 Å². The molecular weight excluding hydrogens is 298 g/mol. The summed E-state index contributed by atoms with van der Waals surface area (Å²) in [5.41, 5.74) is 0.566. The maximum Gasteiger partial charge on any atom is 0.311 e. The number of rotatable bonds is 5. The Labute approximate surface area is 125 Å². The van der Waals surface area contributed by atoms with Crippen molar-refractivity contribution < 1.29 is 14.3 Å². The highest BCUT2D eigenvalue weighted by atomic mass is 35.5. The minimum absolute atomic E-state index is 0.183. The van der Waals surface area contributed by atoms with Crippen LogP contribution in [0, 0.1) is 0 Å². The molecular formula is C14H12ClNO3S. The first kappa shape index (κ1) is 14.6. The second-order valence-corrected chi connectivity index (χ2v) is 5.44. The summed E-state index contributed by atoms with van der Waals surface area (Å²) in [7, 11) is 0. The summed E-state index contributed by atoms with van der Waals surface area (Å²) in [4.78, 5) is 24.0. The van der Waals surface area contributed by atoms with Crippen molar-refractivity contribution >= 4 is 40.5 Å². The summed E-state index contributed by atoms with van der Waals surface area (Å²) < 4.78 is 4.90. The predicted octanol–water partition coefficient (Wildman–Crippen LogP) is 3.13. The van der Waals surface area contributed by atoms with Crippen molar-refractivity contribution in [3.8, 4) is 0 Å². The highest BCUT2D eigenvalue weighted by molar-refractivity contribution is 7.10. The number of benzene rings is 1. The minimum Gasteiger partial charge on any atom is -0.455 e. The van der Waals surface area contributed by atoms with E-state index in [2.05, 4.69) is 5.32 Å². The molecule has 1 amide bonds. The molecule has 2 aromatic rings. The Morgan fingerprint density at radius 3 is 2.80 bits per heavy atom. The van der Waals surface area contributed by atoms with Gasteiger partial charge in [0.05, 0.1) is 6.42 Å². The number of hydrogen-bond donors (Lipinski definition) is 1. The lowest BCUT2D eigenvalue weighted by molar-refractivity contribution is -0.146. The molecule has 1 aromatic carbocycles. The largest absolute Gasteiger partial charge is 0.455 e. The number of carbonyl (C=O) groups is 2. The SMILES string of the molecule is O=C(COC(=O)Cc1cccs1)Nc1cccc(Cl)c1. The van der Waals surface area contributed by atoms with E-state index in [0.717, 1.165) is 4.88 Å². The van der Waals surface area contributed by atoms with E-state index >= 15 is 0 Å². The molecule has 2 rings (SSSR count). The highest BCUT2D eigenvalue weighted by Gasteiger charge is 2.09. The molecule has 0 aliphatic carbocycles. The van der Waals surface area contributed by atoms with E-state index < -0.39 is 11.9 Å². The average Bonchev–Trinajstić information content (AvgIpc) is 2.89. The molecule has 0 aliphatic rings. The van der Waals surface area contributed by atoms with E-state index in [-0.39, 0.29) is 13.0 Å². The number of anilines is 1. The van der Waals surface area contributed by atoms with Crippen molar-refractivity contribution in [1.82, 2.24) is 0 Å². The van der Waals surface area contributed by atoms with Gasteiger partial charge in [0.1, 0.15) is 0 Å². The zero-order valence-corrected chi connectivity index (χ0v) is 12.0. The number of esters is 1. The molecule has 20 heavy (non-hydrogen) atoms. The van der Waals surface area contributed by atoms with Crippen molar-refractivity contribution in [2.45, 2.75) is 6.42 Å². The second-order valence-electron chi connectivity index (χ2n) is 3.98. The Balaban J connectivity index is 1.76. The Bertz CT molecular complexity index is 598. The summed E-state index contributed by atoms with van der Waals surface area (Å²) in [6.07, 6.45) is 0.183. The smallest absolute Gasteiger partial charge is 0.311 e. The van der Waals surface area contributed by atoms with Gasteiger partial charge in [0.2, 0.25) is 0 Å². The van der Waals surface area contributed by atoms with Gasteiger partial charge >= 0.3 is 5.97 Å². The molecule has 1 heterocycles. The fraction of sp³-hybridized carbons (Fsp3) is 0.143. The molecule has 1 N–H and O–H groups in total. The molecule has 104 valence electrons. The number of hydrogen-bond acceptors (Lipinski definition) is 4. The lowest BCUT2D eigenvalue weighted by Gasteiger charge is -2.06. The van der Waals surface area contributed by atoms with Crippen LogP contribution in [0.4, 0.5) is 5.69 Å². The summed E-state index contributed by atoms with van der Waals surface area (Å²) in [5, 5.41) is 5.01. The molecule has 0 spiro atoms. The third-order valence-corrected chi connectivity index (χ3v) is 3.48. The molecule has 6 heteroatoms. The topological polar surface area (TPSA) is 55.4 Å². The molecule has 0 aliphatic heterocycles. The van der Waals surface area contributed by atoms with Gasteiger partial charge in [-0.2, -0.15) is 0 Å². The average molecular weight is 310 g/mol. The number of thiophene rings is 1. The van der Waals surface area contributed by atoms with E-state index in [0.29, 0.717) is 10.7 Å². The number of carbonyl (C=O) groups excluding carboxylic acids is 2. The summed E-state index contributed by atoms with van der Waals surface area (Å²) in [5.74, 6) is -0.819. The first-order chi connectivity index (χ1) is 9.63. The molecule has 0 bridgehead atoms. The maximum absolute atomic E-state index is 11.6. The summed E-state index contributed by atoms with van der Waals surface area (Å²) >= 11 is 7.27. The second kappa shape index (κ2) is 7.07. The minimum atomic E-state index is -0.423. The Morgan fingerprint density at radius 2 is 2.10 bits per heavy atom. The van der Waals surface area contributed by atoms with Crippen LogP contribution < -0.4 is 5.32 Å². The van der Waals surface area contributed by atoms with Gasteiger partial charge in [-0.3, -0.25) is 9.59 Å². The van der Waals surface area contributed by atoms with Crippen LogP contribution in [0.25, 0.3) is 0 Å². The van der Waals surface area contributed by atoms with E-state index in [1.807, 2.05) is 17.5 Å². The zero-order chi connectivity index (χ0) is 14.4. The van der Waals surface area contributed by atoms with Gasteiger partial charge in [-0.15, -0.1) is 11.3 Å². The lowest BCUT2D eigenvalue weighted by Crippen LogP contribution is -2.21. The summed E-state index contributed by atoms with van der Waals surface area (Å²) in [6.45, 7) is -0.309. The van der Waals surface area contributed by atoms with Gasteiger partial charge in [-0.05, 0) is 29.6 Å². The lowest BCUT2D eigenvalue weighted by atomic mass is 10.3. The van der Waals surface area contributed by atoms with Crippen LogP contribution in [-0.4, -0.2) is 18.5 Å². The van der Waals surface area contributed by atoms with Gasteiger partial charge in [-0.25, -0.2) is 0 Å². The van der Waals surface area contributed by atoms with Crippen LogP contribution in [0.2, 0.25) is 5.02 Å². The van der Waals surface area contributed by atoms with E-state index in [1.54, 1.807) is 24.3 Å². The molecule has 0 saturated carbocycles. The fourth-order valence-electron chi connectivity index (χ4n) is 1.52. The van der Waals surface area contributed by atoms with E-state index in [9.17, 15) is 9.59 Å². The number of amides is 1. The molecule has 0 fully saturated rings. The van der Waals surface area contributed by atoms with Gasteiger partial charge in [0.15, 0.2) is 6.61 Å². The van der Waals surface area contributed by atoms with Crippen molar-refractivity contribution in [3.05, 3.63) is 51.7 Å². The van der Waals surface area contributed by atoms with Gasteiger partial charge in [-0.1, -0.05) is 23.7 Å². The third-order valence-electron chi connectivity index (χ3n) is 2.37. The van der Waals surface area contributed by atoms with Crippen molar-refractivity contribution in [2.24, 2.45) is 0 Å². The molecule has 0 saturated heterocycles. The van der Waals surface area contributed by atoms with Crippen LogP contribution in [0.5, 0.6) is 0 Å². The van der Waals surface area contributed by atoms with Crippen molar-refractivity contribution in [3.63, 3.8) is 0 Å². The molecule has 1 aromatic heterocycles. The van der Waals surface area contributed by atoms with Crippen molar-refractivity contribution in [1.29, 1.82) is 0 Å². The van der Waals surface area contributed by atoms with Crippen LogP contribution in [0.15, 0.2) is 41.8 Å². The molecule has 4 nitrogen and oxygen atoms in total. The van der Waals surface area contributed by atoms with Crippen LogP contribution in [-0.2, 0) is 20.7 Å². The quantitative estimate of drug-likeness (QED) is 0.863. The van der Waals surface area contributed by atoms with Gasteiger partial charge < -0.3 is 10.1 Å². The third kappa shape index (κ3) is 4.68. The number of halogens is 1. The van der Waals surface area contributed by atoms with Gasteiger partial charge in [0.25, 0.3) is 5.91 Å². The predicted molar refractivity (Wildman–Crippen MR) is 79.1 cm³/mol. The normalized spacial score (nSPS) is 10.1. The summed E-state index contributed by atoms with van der Waals surface area (Å²) in [6, 6.07) is 10.5. The van der Waals surface area contributed by atoms with E-state index in [4.69, 9.17) is 16.3 Å². The van der Waals surface area contributed by atoms with Crippen molar-refractivity contribution in [2.75, 3.05) is 11.9 Å². The zero-order valence-electron chi connectivity index (χ0n) is 10.5. The maximum atomic E-state index is 11.6. The fourth-order valence-corrected chi connectivity index (χ4v) is 2.40.